The van der Waals surface area contributed by atoms with Crippen molar-refractivity contribution in [3.05, 3.63) is 29.8 Å². The molecule has 86 valence electrons. The summed E-state index contributed by atoms with van der Waals surface area (Å²) in [4.78, 5) is 0. The first-order valence-electron chi connectivity index (χ1n) is 5.96. The van der Waals surface area contributed by atoms with Gasteiger partial charge in [-0.25, -0.2) is 0 Å². The molecule has 1 rings (SSSR count). The summed E-state index contributed by atoms with van der Waals surface area (Å²) in [6, 6.07) is 9.93. The first kappa shape index (κ1) is 12.6. The van der Waals surface area contributed by atoms with Gasteiger partial charge in [0, 0.05) is 5.56 Å². The van der Waals surface area contributed by atoms with E-state index in [2.05, 4.69) is 13.0 Å². The molecule has 0 aliphatic rings. The maximum atomic E-state index is 8.68. The fourth-order valence-electron chi connectivity index (χ4n) is 1.59. The highest BCUT2D eigenvalue weighted by atomic mass is 16.5. The lowest BCUT2D eigenvalue weighted by Gasteiger charge is -2.09. The number of rotatable bonds is 7. The summed E-state index contributed by atoms with van der Waals surface area (Å²) < 4.78 is 5.69. The highest BCUT2D eigenvalue weighted by Gasteiger charge is 2.01. The zero-order valence-corrected chi connectivity index (χ0v) is 9.91. The highest BCUT2D eigenvalue weighted by molar-refractivity contribution is 5.35. The summed E-state index contributed by atoms with van der Waals surface area (Å²) in [6.45, 7) is 2.95. The van der Waals surface area contributed by atoms with Gasteiger partial charge in [-0.2, -0.15) is 5.26 Å². The van der Waals surface area contributed by atoms with Crippen LogP contribution in [0.5, 0.6) is 5.75 Å². The van der Waals surface area contributed by atoms with Gasteiger partial charge in [0.15, 0.2) is 0 Å². The second-order valence-electron chi connectivity index (χ2n) is 3.85. The topological polar surface area (TPSA) is 33.0 Å². The Balaban J connectivity index is 2.38. The number of hydrogen-bond acceptors (Lipinski definition) is 2. The van der Waals surface area contributed by atoms with Gasteiger partial charge >= 0.3 is 0 Å². The number of ether oxygens (including phenoxy) is 1. The number of benzene rings is 1. The lowest BCUT2D eigenvalue weighted by Crippen LogP contribution is -1.99. The van der Waals surface area contributed by atoms with Crippen molar-refractivity contribution in [3.8, 4) is 11.8 Å². The van der Waals surface area contributed by atoms with Crippen molar-refractivity contribution in [3.63, 3.8) is 0 Å². The van der Waals surface area contributed by atoms with Gasteiger partial charge in [-0.15, -0.1) is 0 Å². The van der Waals surface area contributed by atoms with E-state index < -0.39 is 0 Å². The van der Waals surface area contributed by atoms with E-state index in [9.17, 15) is 0 Å². The molecule has 0 aromatic heterocycles. The van der Waals surface area contributed by atoms with E-state index in [1.54, 1.807) is 0 Å². The van der Waals surface area contributed by atoms with Crippen LogP contribution in [0.3, 0.4) is 0 Å². The van der Waals surface area contributed by atoms with Crippen molar-refractivity contribution >= 4 is 0 Å². The zero-order chi connectivity index (χ0) is 11.6. The van der Waals surface area contributed by atoms with E-state index in [-0.39, 0.29) is 0 Å². The second kappa shape index (κ2) is 7.76. The lowest BCUT2D eigenvalue weighted by atomic mass is 10.1. The van der Waals surface area contributed by atoms with Gasteiger partial charge in [-0.1, -0.05) is 44.4 Å². The Bertz CT molecular complexity index is 341. The number of unbranched alkanes of at least 4 members (excludes halogenated alkanes) is 3. The molecule has 0 spiro atoms. The molecule has 1 aromatic rings. The molecule has 0 bridgehead atoms. The molecule has 0 saturated carbocycles. The van der Waals surface area contributed by atoms with Crippen LogP contribution in [0, 0.1) is 11.3 Å². The molecule has 0 saturated heterocycles. The van der Waals surface area contributed by atoms with Crippen molar-refractivity contribution in [2.24, 2.45) is 0 Å². The molecule has 2 nitrogen and oxygen atoms in total. The number of nitrogens with zero attached hydrogens (tertiary/aromatic N) is 1. The summed E-state index contributed by atoms with van der Waals surface area (Å²) in [6.07, 6.45) is 5.24. The highest BCUT2D eigenvalue weighted by Crippen LogP contribution is 2.18. The molecule has 0 aliphatic carbocycles. The van der Waals surface area contributed by atoms with E-state index in [4.69, 9.17) is 10.00 Å². The maximum absolute atomic E-state index is 8.68. The van der Waals surface area contributed by atoms with Gasteiger partial charge in [0.2, 0.25) is 0 Å². The molecule has 16 heavy (non-hydrogen) atoms. The Morgan fingerprint density at radius 3 is 2.75 bits per heavy atom. The van der Waals surface area contributed by atoms with Gasteiger partial charge < -0.3 is 4.74 Å². The molecule has 0 N–H and O–H groups in total. The van der Waals surface area contributed by atoms with Crippen molar-refractivity contribution in [2.75, 3.05) is 6.61 Å². The first-order valence-corrected chi connectivity index (χ1v) is 5.96. The minimum absolute atomic E-state index is 0.422. The minimum atomic E-state index is 0.422. The van der Waals surface area contributed by atoms with Crippen LogP contribution in [-0.2, 0) is 6.42 Å². The Morgan fingerprint density at radius 2 is 2.00 bits per heavy atom. The zero-order valence-electron chi connectivity index (χ0n) is 9.91. The van der Waals surface area contributed by atoms with Crippen LogP contribution in [-0.4, -0.2) is 6.61 Å². The molecule has 0 atom stereocenters. The molecule has 2 heteroatoms. The van der Waals surface area contributed by atoms with Crippen LogP contribution in [0.4, 0.5) is 0 Å². The lowest BCUT2D eigenvalue weighted by molar-refractivity contribution is 0.302. The maximum Gasteiger partial charge on any atom is 0.123 e. The van der Waals surface area contributed by atoms with Crippen molar-refractivity contribution in [2.45, 2.75) is 39.0 Å². The summed E-state index contributed by atoms with van der Waals surface area (Å²) in [5, 5.41) is 8.68. The smallest absolute Gasteiger partial charge is 0.123 e. The van der Waals surface area contributed by atoms with Crippen LogP contribution in [0.1, 0.15) is 38.2 Å². The molecular formula is C14H19NO. The molecule has 1 aromatic carbocycles. The molecule has 0 heterocycles. The Hall–Kier alpha value is -1.49. The Morgan fingerprint density at radius 1 is 1.19 bits per heavy atom. The standard InChI is InChI=1S/C14H19NO/c1-2-3-4-7-12-16-14-9-6-5-8-13(14)10-11-15/h5-6,8-9H,2-4,7,10,12H2,1H3. The van der Waals surface area contributed by atoms with Crippen molar-refractivity contribution in [1.82, 2.24) is 0 Å². The third-order valence-corrected chi connectivity index (χ3v) is 2.50. The van der Waals surface area contributed by atoms with Crippen molar-refractivity contribution < 1.29 is 4.74 Å². The summed E-state index contributed by atoms with van der Waals surface area (Å²) in [5.41, 5.74) is 0.987. The van der Waals surface area contributed by atoms with Gasteiger partial charge in [0.1, 0.15) is 5.75 Å². The van der Waals surface area contributed by atoms with Gasteiger partial charge in [0.05, 0.1) is 19.1 Å². The predicted octanol–water partition coefficient (Wildman–Crippen LogP) is 3.71. The van der Waals surface area contributed by atoms with E-state index in [0.29, 0.717) is 6.42 Å². The van der Waals surface area contributed by atoms with E-state index in [1.165, 1.54) is 19.3 Å². The number of nitriles is 1. The largest absolute Gasteiger partial charge is 0.493 e. The van der Waals surface area contributed by atoms with Gasteiger partial charge in [0.25, 0.3) is 0 Å². The number of hydrogen-bond donors (Lipinski definition) is 0. The average molecular weight is 217 g/mol. The molecular weight excluding hydrogens is 198 g/mol. The predicted molar refractivity (Wildman–Crippen MR) is 65.4 cm³/mol. The van der Waals surface area contributed by atoms with Gasteiger partial charge in [-0.05, 0) is 12.5 Å². The fourth-order valence-corrected chi connectivity index (χ4v) is 1.59. The summed E-state index contributed by atoms with van der Waals surface area (Å²) in [7, 11) is 0. The van der Waals surface area contributed by atoms with E-state index >= 15 is 0 Å². The molecule has 0 amide bonds. The SMILES string of the molecule is CCCCCCOc1ccccc1CC#N. The Labute approximate surface area is 97.9 Å². The van der Waals surface area contributed by atoms with E-state index in [1.807, 2.05) is 24.3 Å². The first-order chi connectivity index (χ1) is 7.88. The van der Waals surface area contributed by atoms with Crippen LogP contribution < -0.4 is 4.74 Å². The van der Waals surface area contributed by atoms with Gasteiger partial charge in [-0.3, -0.25) is 0 Å². The monoisotopic (exact) mass is 217 g/mol. The van der Waals surface area contributed by atoms with Crippen LogP contribution in [0.2, 0.25) is 0 Å². The summed E-state index contributed by atoms with van der Waals surface area (Å²) >= 11 is 0. The molecule has 0 unspecified atom stereocenters. The fraction of sp³-hybridized carbons (Fsp3) is 0.500. The van der Waals surface area contributed by atoms with Crippen molar-refractivity contribution in [1.29, 1.82) is 5.26 Å². The number of para-hydroxylation sites is 1. The molecule has 0 fully saturated rings. The summed E-state index contributed by atoms with van der Waals surface area (Å²) in [5.74, 6) is 0.862. The molecule has 0 aliphatic heterocycles. The quantitative estimate of drug-likeness (QED) is 0.652. The third-order valence-electron chi connectivity index (χ3n) is 2.50. The third kappa shape index (κ3) is 4.35. The van der Waals surface area contributed by atoms with Crippen LogP contribution >= 0.6 is 0 Å². The second-order valence-corrected chi connectivity index (χ2v) is 3.85. The normalized spacial score (nSPS) is 9.75. The van der Waals surface area contributed by atoms with Crippen LogP contribution in [0.25, 0.3) is 0 Å². The molecule has 0 radical (unpaired) electrons. The Kier molecular flexibility index (Phi) is 6.10. The van der Waals surface area contributed by atoms with E-state index in [0.717, 1.165) is 24.3 Å². The van der Waals surface area contributed by atoms with Crippen LogP contribution in [0.15, 0.2) is 24.3 Å². The average Bonchev–Trinajstić information content (AvgIpc) is 2.31. The minimum Gasteiger partial charge on any atom is -0.493 e.